The topological polar surface area (TPSA) is 32.3 Å². The van der Waals surface area contributed by atoms with E-state index in [1.165, 1.54) is 19.4 Å². The van der Waals surface area contributed by atoms with Gasteiger partial charge in [0.05, 0.1) is 6.54 Å². The molecule has 3 nitrogen and oxygen atoms in total. The lowest BCUT2D eigenvalue weighted by Gasteiger charge is -2.41. The van der Waals surface area contributed by atoms with Gasteiger partial charge in [-0.05, 0) is 47.1 Å². The van der Waals surface area contributed by atoms with Gasteiger partial charge in [-0.2, -0.15) is 0 Å². The van der Waals surface area contributed by atoms with Crippen LogP contribution in [0.4, 0.5) is 0 Å². The Morgan fingerprint density at radius 1 is 1.47 bits per heavy atom. The second-order valence-corrected chi connectivity index (χ2v) is 5.54. The van der Waals surface area contributed by atoms with Crippen LogP contribution in [0.5, 0.6) is 0 Å². The van der Waals surface area contributed by atoms with Crippen LogP contribution in [0.25, 0.3) is 0 Å². The highest BCUT2D eigenvalue weighted by atomic mass is 16.1. The quantitative estimate of drug-likeness (QED) is 0.768. The standard InChI is InChI=1S/C12H24N2O/c1-10(15)8-13-11-6-5-7-14(9-11)12(2,3)4/h11,13H,5-9H2,1-4H3. The van der Waals surface area contributed by atoms with Crippen LogP contribution in [0.3, 0.4) is 0 Å². The van der Waals surface area contributed by atoms with Crippen LogP contribution >= 0.6 is 0 Å². The molecule has 3 heteroatoms. The van der Waals surface area contributed by atoms with Crippen molar-refractivity contribution in [2.45, 2.75) is 52.1 Å². The van der Waals surface area contributed by atoms with Crippen molar-refractivity contribution >= 4 is 5.78 Å². The molecule has 0 amide bonds. The summed E-state index contributed by atoms with van der Waals surface area (Å²) >= 11 is 0. The molecule has 1 rings (SSSR count). The molecule has 0 radical (unpaired) electrons. The van der Waals surface area contributed by atoms with Gasteiger partial charge in [0.15, 0.2) is 0 Å². The Morgan fingerprint density at radius 3 is 2.67 bits per heavy atom. The Balaban J connectivity index is 2.39. The summed E-state index contributed by atoms with van der Waals surface area (Å²) in [5.41, 5.74) is 0.247. The summed E-state index contributed by atoms with van der Waals surface area (Å²) in [6, 6.07) is 0.488. The third kappa shape index (κ3) is 4.31. The van der Waals surface area contributed by atoms with Gasteiger partial charge >= 0.3 is 0 Å². The molecule has 1 heterocycles. The van der Waals surface area contributed by atoms with Crippen LogP contribution in [0, 0.1) is 0 Å². The Bertz CT molecular complexity index is 220. The smallest absolute Gasteiger partial charge is 0.143 e. The molecule has 1 aliphatic heterocycles. The average Bonchev–Trinajstić information content (AvgIpc) is 2.14. The minimum atomic E-state index is 0.225. The maximum Gasteiger partial charge on any atom is 0.143 e. The first-order chi connectivity index (χ1) is 6.89. The van der Waals surface area contributed by atoms with Crippen molar-refractivity contribution in [2.75, 3.05) is 19.6 Å². The summed E-state index contributed by atoms with van der Waals surface area (Å²) in [5, 5.41) is 3.33. The number of carbonyl (C=O) groups excluding carboxylic acids is 1. The molecule has 1 saturated heterocycles. The molecule has 1 N–H and O–H groups in total. The van der Waals surface area contributed by atoms with E-state index in [4.69, 9.17) is 0 Å². The first-order valence-electron chi connectivity index (χ1n) is 5.87. The van der Waals surface area contributed by atoms with Crippen molar-refractivity contribution in [3.05, 3.63) is 0 Å². The number of likely N-dealkylation sites (tertiary alicyclic amines) is 1. The van der Waals surface area contributed by atoms with Gasteiger partial charge in [-0.1, -0.05) is 0 Å². The number of hydrogen-bond donors (Lipinski definition) is 1. The zero-order chi connectivity index (χ0) is 11.5. The van der Waals surface area contributed by atoms with Gasteiger partial charge in [-0.25, -0.2) is 0 Å². The predicted octanol–water partition coefficient (Wildman–Crippen LogP) is 1.43. The minimum Gasteiger partial charge on any atom is -0.306 e. The Morgan fingerprint density at radius 2 is 2.13 bits per heavy atom. The van der Waals surface area contributed by atoms with Gasteiger partial charge in [-0.15, -0.1) is 0 Å². The highest BCUT2D eigenvalue weighted by molar-refractivity contribution is 5.77. The number of rotatable bonds is 3. The Labute approximate surface area is 93.2 Å². The molecule has 0 aromatic rings. The van der Waals surface area contributed by atoms with Crippen molar-refractivity contribution < 1.29 is 4.79 Å². The van der Waals surface area contributed by atoms with E-state index in [1.807, 2.05) is 0 Å². The van der Waals surface area contributed by atoms with Gasteiger partial charge in [0.2, 0.25) is 0 Å². The zero-order valence-corrected chi connectivity index (χ0v) is 10.5. The molecule has 1 unspecified atom stereocenters. The van der Waals surface area contributed by atoms with Crippen molar-refractivity contribution in [1.82, 2.24) is 10.2 Å². The molecule has 0 aliphatic carbocycles. The van der Waals surface area contributed by atoms with E-state index in [2.05, 4.69) is 31.0 Å². The van der Waals surface area contributed by atoms with E-state index >= 15 is 0 Å². The SMILES string of the molecule is CC(=O)CNC1CCCN(C(C)(C)C)C1. The minimum absolute atomic E-state index is 0.225. The van der Waals surface area contributed by atoms with Crippen LogP contribution in [0.15, 0.2) is 0 Å². The normalized spacial score (nSPS) is 24.1. The second kappa shape index (κ2) is 5.08. The number of carbonyl (C=O) groups is 1. The van der Waals surface area contributed by atoms with Crippen LogP contribution in [-0.2, 0) is 4.79 Å². The predicted molar refractivity (Wildman–Crippen MR) is 63.0 cm³/mol. The van der Waals surface area contributed by atoms with Gasteiger partial charge in [-0.3, -0.25) is 9.69 Å². The second-order valence-electron chi connectivity index (χ2n) is 5.54. The number of nitrogens with zero attached hydrogens (tertiary/aromatic N) is 1. The summed E-state index contributed by atoms with van der Waals surface area (Å²) < 4.78 is 0. The molecule has 1 aliphatic rings. The Hall–Kier alpha value is -0.410. The van der Waals surface area contributed by atoms with E-state index in [1.54, 1.807) is 6.92 Å². The highest BCUT2D eigenvalue weighted by Crippen LogP contribution is 2.19. The van der Waals surface area contributed by atoms with Gasteiger partial charge in [0.1, 0.15) is 5.78 Å². The fourth-order valence-electron chi connectivity index (χ4n) is 2.04. The first kappa shape index (κ1) is 12.7. The summed E-state index contributed by atoms with van der Waals surface area (Å²) in [7, 11) is 0. The lowest BCUT2D eigenvalue weighted by Crippen LogP contribution is -2.53. The van der Waals surface area contributed by atoms with Crippen molar-refractivity contribution in [3.63, 3.8) is 0 Å². The van der Waals surface area contributed by atoms with Crippen LogP contribution < -0.4 is 5.32 Å². The maximum atomic E-state index is 10.9. The summed E-state index contributed by atoms with van der Waals surface area (Å²) in [4.78, 5) is 13.4. The molecule has 0 saturated carbocycles. The van der Waals surface area contributed by atoms with E-state index in [0.717, 1.165) is 6.54 Å². The largest absolute Gasteiger partial charge is 0.306 e. The first-order valence-corrected chi connectivity index (χ1v) is 5.87. The van der Waals surface area contributed by atoms with Gasteiger partial charge in [0.25, 0.3) is 0 Å². The molecule has 1 fully saturated rings. The highest BCUT2D eigenvalue weighted by Gasteiger charge is 2.27. The number of ketones is 1. The molecule has 0 bridgehead atoms. The molecule has 0 aromatic heterocycles. The van der Waals surface area contributed by atoms with E-state index in [-0.39, 0.29) is 11.3 Å². The van der Waals surface area contributed by atoms with E-state index < -0.39 is 0 Å². The Kier molecular flexibility index (Phi) is 4.29. The van der Waals surface area contributed by atoms with Gasteiger partial charge in [0, 0.05) is 18.1 Å². The molecule has 0 spiro atoms. The number of nitrogens with one attached hydrogen (secondary N) is 1. The van der Waals surface area contributed by atoms with E-state index in [0.29, 0.717) is 12.6 Å². The number of hydrogen-bond acceptors (Lipinski definition) is 3. The molecule has 0 aromatic carbocycles. The number of Topliss-reactive ketones (excluding diaryl/α,β-unsaturated/α-hetero) is 1. The molecule has 88 valence electrons. The third-order valence-corrected chi connectivity index (χ3v) is 3.01. The van der Waals surface area contributed by atoms with Crippen LogP contribution in [0.2, 0.25) is 0 Å². The fourth-order valence-corrected chi connectivity index (χ4v) is 2.04. The lowest BCUT2D eigenvalue weighted by atomic mass is 9.98. The van der Waals surface area contributed by atoms with Crippen molar-refractivity contribution in [3.8, 4) is 0 Å². The maximum absolute atomic E-state index is 10.9. The average molecular weight is 212 g/mol. The van der Waals surface area contributed by atoms with Crippen molar-refractivity contribution in [2.24, 2.45) is 0 Å². The molecule has 15 heavy (non-hydrogen) atoms. The van der Waals surface area contributed by atoms with Crippen molar-refractivity contribution in [1.29, 1.82) is 0 Å². The monoisotopic (exact) mass is 212 g/mol. The van der Waals surface area contributed by atoms with Crippen LogP contribution in [0.1, 0.15) is 40.5 Å². The summed E-state index contributed by atoms with van der Waals surface area (Å²) in [6.45, 7) is 11.2. The van der Waals surface area contributed by atoms with Gasteiger partial charge < -0.3 is 5.32 Å². The summed E-state index contributed by atoms with van der Waals surface area (Å²) in [6.07, 6.45) is 2.42. The van der Waals surface area contributed by atoms with Crippen LogP contribution in [-0.4, -0.2) is 41.9 Å². The summed E-state index contributed by atoms with van der Waals surface area (Å²) in [5.74, 6) is 0.225. The fraction of sp³-hybridized carbons (Fsp3) is 0.917. The number of piperidine rings is 1. The lowest BCUT2D eigenvalue weighted by molar-refractivity contribution is -0.116. The molecule has 1 atom stereocenters. The third-order valence-electron chi connectivity index (χ3n) is 3.01. The van der Waals surface area contributed by atoms with E-state index in [9.17, 15) is 4.79 Å². The zero-order valence-electron chi connectivity index (χ0n) is 10.5. The molecular formula is C12H24N2O. The molecular weight excluding hydrogens is 188 g/mol.